The molecule has 104 valence electrons. The fraction of sp³-hybridized carbons (Fsp3) is 0.333. The summed E-state index contributed by atoms with van der Waals surface area (Å²) in [7, 11) is 1.63. The maximum absolute atomic E-state index is 11.0. The second kappa shape index (κ2) is 8.12. The topological polar surface area (TPSA) is 86.3 Å². The first-order chi connectivity index (χ1) is 8.99. The first-order valence-electron chi connectivity index (χ1n) is 4.90. The normalized spacial score (nSPS) is 10.4. The zero-order valence-electron chi connectivity index (χ0n) is 9.38. The van der Waals surface area contributed by atoms with Crippen LogP contribution in [0.3, 0.4) is 0 Å². The summed E-state index contributed by atoms with van der Waals surface area (Å²) >= 11 is 9.54. The van der Waals surface area contributed by atoms with Crippen LogP contribution in [-0.4, -0.2) is 21.4 Å². The van der Waals surface area contributed by atoms with Gasteiger partial charge in [0.05, 0.1) is 20.4 Å². The van der Waals surface area contributed by atoms with Crippen LogP contribution in [0, 0.1) is 20.2 Å². The lowest BCUT2D eigenvalue weighted by atomic mass is 10.1. The summed E-state index contributed by atoms with van der Waals surface area (Å²) in [4.78, 5) is 20.3. The summed E-state index contributed by atoms with van der Waals surface area (Å²) < 4.78 is 0. The highest BCUT2D eigenvalue weighted by atomic mass is 127. The molecule has 0 fully saturated rings. The molecule has 0 saturated heterocycles. The third-order valence-corrected chi connectivity index (χ3v) is 5.41. The smallest absolute Gasteiger partial charge is 0.258 e. The Labute approximate surface area is 134 Å². The van der Waals surface area contributed by atoms with Crippen molar-refractivity contribution >= 4 is 64.9 Å². The fourth-order valence-corrected chi connectivity index (χ4v) is 4.63. The number of nitro benzene ring substituents is 2. The van der Waals surface area contributed by atoms with Crippen LogP contribution in [0.2, 0.25) is 5.02 Å². The van der Waals surface area contributed by atoms with Gasteiger partial charge < -0.3 is 0 Å². The van der Waals surface area contributed by atoms with Gasteiger partial charge in [-0.3, -0.25) is 20.2 Å². The van der Waals surface area contributed by atoms with Crippen molar-refractivity contribution in [3.8, 4) is 0 Å². The number of halogens is 2. The zero-order chi connectivity index (χ0) is 14.4. The zero-order valence-corrected chi connectivity index (χ0v) is 13.9. The molecular weight excluding hydrogens is 427 g/mol. The number of nitro groups is 2. The second-order valence-electron chi connectivity index (χ2n) is 3.27. The minimum atomic E-state index is -0.761. The third-order valence-electron chi connectivity index (χ3n) is 2.13. The minimum Gasteiger partial charge on any atom is -0.258 e. The number of nitrogens with zero attached hydrogens (tertiary/aromatic N) is 2. The van der Waals surface area contributed by atoms with Crippen molar-refractivity contribution in [3.05, 3.63) is 42.9 Å². The van der Waals surface area contributed by atoms with E-state index in [0.29, 0.717) is 0 Å². The molecule has 0 N–H and O–H groups in total. The molecule has 0 amide bonds. The lowest BCUT2D eigenvalue weighted by Crippen LogP contribution is -2.01. The summed E-state index contributed by atoms with van der Waals surface area (Å²) in [5.41, 5.74) is -0.815. The Balaban J connectivity index is 3.09. The summed E-state index contributed by atoms with van der Waals surface area (Å²) in [5.74, 6) is 1.98. The molecule has 0 spiro atoms. The summed E-state index contributed by atoms with van der Waals surface area (Å²) in [6.45, 7) is 0. The number of hydrogen-bond donors (Lipinski definition) is 0. The molecule has 0 saturated carbocycles. The van der Waals surface area contributed by atoms with Crippen LogP contribution in [0.1, 0.15) is 5.56 Å². The van der Waals surface area contributed by atoms with Crippen molar-refractivity contribution in [2.75, 3.05) is 11.5 Å². The van der Waals surface area contributed by atoms with Gasteiger partial charge >= 0.3 is 11.4 Å². The molecule has 0 aliphatic rings. The van der Waals surface area contributed by atoms with Crippen LogP contribution in [-0.2, 0) is 5.75 Å². The second-order valence-corrected chi connectivity index (χ2v) is 7.28. The van der Waals surface area contributed by atoms with E-state index >= 15 is 0 Å². The SMILES string of the molecule is O=[N+]([O-])c1ccc(Cl)c(CSCCSI)c1[N+](=O)[O-]. The first kappa shape index (κ1) is 16.8. The molecule has 19 heavy (non-hydrogen) atoms. The fourth-order valence-electron chi connectivity index (χ4n) is 1.35. The molecule has 6 nitrogen and oxygen atoms in total. The van der Waals surface area contributed by atoms with Crippen LogP contribution in [0.15, 0.2) is 12.1 Å². The van der Waals surface area contributed by atoms with Crippen molar-refractivity contribution in [2.24, 2.45) is 0 Å². The number of thioether (sulfide) groups is 1. The molecular formula is C9H8ClIN2O4S2. The van der Waals surface area contributed by atoms with Gasteiger partial charge in [0, 0.05) is 23.3 Å². The molecule has 0 unspecified atom stereocenters. The lowest BCUT2D eigenvalue weighted by molar-refractivity contribution is -0.422. The minimum absolute atomic E-state index is 0.187. The first-order valence-corrected chi connectivity index (χ1v) is 9.96. The number of hydrogen-bond acceptors (Lipinski definition) is 6. The van der Waals surface area contributed by atoms with Crippen molar-refractivity contribution in [2.45, 2.75) is 5.75 Å². The highest BCUT2D eigenvalue weighted by molar-refractivity contribution is 14.2. The van der Waals surface area contributed by atoms with E-state index in [1.54, 1.807) is 8.93 Å². The summed E-state index contributed by atoms with van der Waals surface area (Å²) in [5, 5.41) is 22.0. The largest absolute Gasteiger partial charge is 0.351 e. The molecule has 0 aliphatic carbocycles. The molecule has 0 radical (unpaired) electrons. The van der Waals surface area contributed by atoms with Gasteiger partial charge in [-0.1, -0.05) is 20.5 Å². The van der Waals surface area contributed by atoms with Crippen molar-refractivity contribution in [1.29, 1.82) is 0 Å². The van der Waals surface area contributed by atoms with Gasteiger partial charge in [0.1, 0.15) is 0 Å². The molecule has 10 heteroatoms. The number of rotatable bonds is 7. The van der Waals surface area contributed by atoms with E-state index in [2.05, 4.69) is 21.2 Å². The van der Waals surface area contributed by atoms with Gasteiger partial charge in [-0.25, -0.2) is 0 Å². The molecule has 0 atom stereocenters. The van der Waals surface area contributed by atoms with Gasteiger partial charge in [0.15, 0.2) is 0 Å². The van der Waals surface area contributed by atoms with Crippen molar-refractivity contribution < 1.29 is 9.85 Å². The van der Waals surface area contributed by atoms with E-state index in [1.165, 1.54) is 17.8 Å². The van der Waals surface area contributed by atoms with Gasteiger partial charge in [-0.05, 0) is 27.3 Å². The Morgan fingerprint density at radius 3 is 2.42 bits per heavy atom. The Kier molecular flexibility index (Phi) is 7.18. The lowest BCUT2D eigenvalue weighted by Gasteiger charge is -2.05. The molecule has 1 aromatic carbocycles. The van der Waals surface area contributed by atoms with E-state index < -0.39 is 21.2 Å². The Hall–Kier alpha value is -0.260. The van der Waals surface area contributed by atoms with Crippen molar-refractivity contribution in [1.82, 2.24) is 0 Å². The number of benzene rings is 1. The van der Waals surface area contributed by atoms with E-state index in [-0.39, 0.29) is 16.3 Å². The molecule has 0 heterocycles. The third kappa shape index (κ3) is 4.65. The van der Waals surface area contributed by atoms with Crippen molar-refractivity contribution in [3.63, 3.8) is 0 Å². The molecule has 0 aromatic heterocycles. The highest BCUT2D eigenvalue weighted by Crippen LogP contribution is 2.37. The van der Waals surface area contributed by atoms with Gasteiger partial charge in [-0.2, -0.15) is 11.8 Å². The predicted octanol–water partition coefficient (Wildman–Crippen LogP) is 4.47. The summed E-state index contributed by atoms with van der Waals surface area (Å²) in [6.07, 6.45) is 0. The molecule has 0 bridgehead atoms. The quantitative estimate of drug-likeness (QED) is 0.272. The molecule has 0 aliphatic heterocycles. The van der Waals surface area contributed by atoms with Crippen LogP contribution in [0.4, 0.5) is 11.4 Å². The standard InChI is InChI=1S/C9H8ClIN2O4S2/c10-7-1-2-8(12(14)15)9(13(16)17)6(7)5-18-3-4-19-11/h1-2H,3-5H2. The predicted molar refractivity (Wildman–Crippen MR) is 87.4 cm³/mol. The Morgan fingerprint density at radius 2 is 1.89 bits per heavy atom. The molecule has 1 rings (SSSR count). The average Bonchev–Trinajstić information content (AvgIpc) is 2.35. The maximum atomic E-state index is 11.0. The van der Waals surface area contributed by atoms with E-state index in [9.17, 15) is 20.2 Å². The van der Waals surface area contributed by atoms with E-state index in [0.717, 1.165) is 17.6 Å². The van der Waals surface area contributed by atoms with Crippen LogP contribution in [0.5, 0.6) is 0 Å². The van der Waals surface area contributed by atoms with E-state index in [1.807, 2.05) is 0 Å². The van der Waals surface area contributed by atoms with Crippen LogP contribution >= 0.6 is 53.5 Å². The Bertz CT molecular complexity index is 503. The maximum Gasteiger partial charge on any atom is 0.351 e. The van der Waals surface area contributed by atoms with E-state index in [4.69, 9.17) is 11.6 Å². The van der Waals surface area contributed by atoms with Crippen LogP contribution in [0.25, 0.3) is 0 Å². The highest BCUT2D eigenvalue weighted by Gasteiger charge is 2.30. The Morgan fingerprint density at radius 1 is 1.21 bits per heavy atom. The van der Waals surface area contributed by atoms with Gasteiger partial charge in [0.25, 0.3) is 0 Å². The van der Waals surface area contributed by atoms with Gasteiger partial charge in [-0.15, -0.1) is 0 Å². The van der Waals surface area contributed by atoms with Gasteiger partial charge in [0.2, 0.25) is 0 Å². The average molecular weight is 435 g/mol. The molecule has 1 aromatic rings. The van der Waals surface area contributed by atoms with Crippen LogP contribution < -0.4 is 0 Å². The summed E-state index contributed by atoms with van der Waals surface area (Å²) in [6, 6.07) is 2.39. The monoisotopic (exact) mass is 434 g/mol.